The Morgan fingerprint density at radius 3 is 2.77 bits per heavy atom. The number of aromatic nitrogens is 4. The van der Waals surface area contributed by atoms with Crippen molar-refractivity contribution in [1.29, 1.82) is 0 Å². The highest BCUT2D eigenvalue weighted by Gasteiger charge is 2.23. The summed E-state index contributed by atoms with van der Waals surface area (Å²) in [7, 11) is 1.79. The quantitative estimate of drug-likeness (QED) is 0.716. The van der Waals surface area contributed by atoms with E-state index in [-0.39, 0.29) is 5.56 Å². The van der Waals surface area contributed by atoms with Crippen molar-refractivity contribution in [2.24, 2.45) is 13.0 Å². The van der Waals surface area contributed by atoms with Gasteiger partial charge in [-0.25, -0.2) is 9.97 Å². The van der Waals surface area contributed by atoms with Gasteiger partial charge in [0, 0.05) is 32.5 Å². The topological polar surface area (TPSA) is 73.1 Å². The summed E-state index contributed by atoms with van der Waals surface area (Å²) in [6.45, 7) is 2.34. The molecule has 0 spiro atoms. The smallest absolute Gasteiger partial charge is 0.262 e. The lowest BCUT2D eigenvalue weighted by molar-refractivity contribution is 0.214. The van der Waals surface area contributed by atoms with Gasteiger partial charge in [-0.15, -0.1) is 0 Å². The lowest BCUT2D eigenvalue weighted by Gasteiger charge is -2.33. The molecule has 1 aliphatic heterocycles. The van der Waals surface area contributed by atoms with E-state index >= 15 is 0 Å². The van der Waals surface area contributed by atoms with E-state index in [9.17, 15) is 4.79 Å². The Bertz CT molecular complexity index is 949. The van der Waals surface area contributed by atoms with Crippen LogP contribution < -0.4 is 15.2 Å². The van der Waals surface area contributed by atoms with Crippen LogP contribution in [0.1, 0.15) is 12.8 Å². The normalized spacial score (nSPS) is 15.3. The van der Waals surface area contributed by atoms with Crippen LogP contribution in [-0.4, -0.2) is 39.2 Å². The van der Waals surface area contributed by atoms with Crippen molar-refractivity contribution in [2.45, 2.75) is 12.8 Å². The Kier molecular flexibility index (Phi) is 4.51. The number of anilines is 1. The van der Waals surface area contributed by atoms with Gasteiger partial charge in [0.2, 0.25) is 11.8 Å². The van der Waals surface area contributed by atoms with Gasteiger partial charge in [-0.1, -0.05) is 12.1 Å². The summed E-state index contributed by atoms with van der Waals surface area (Å²) in [5.41, 5.74) is 0.748. The standard InChI is InChI=1S/C19H21N5O2/c1-23-18(25)15-4-2-3-5-16(15)22-19(23)24-10-6-14(7-11-24)13-26-17-12-20-8-9-21-17/h2-5,8-9,12,14H,6-7,10-11,13H2,1H3. The lowest BCUT2D eigenvalue weighted by atomic mass is 9.98. The Hall–Kier alpha value is -2.96. The fraction of sp³-hybridized carbons (Fsp3) is 0.368. The molecular weight excluding hydrogens is 330 g/mol. The molecule has 0 aliphatic carbocycles. The van der Waals surface area contributed by atoms with Crippen LogP contribution in [0.3, 0.4) is 0 Å². The highest BCUT2D eigenvalue weighted by molar-refractivity contribution is 5.78. The molecule has 4 rings (SSSR count). The van der Waals surface area contributed by atoms with E-state index in [1.54, 1.807) is 30.2 Å². The van der Waals surface area contributed by atoms with Gasteiger partial charge < -0.3 is 9.64 Å². The number of ether oxygens (including phenoxy) is 1. The number of benzene rings is 1. The maximum absolute atomic E-state index is 12.6. The number of nitrogens with zero attached hydrogens (tertiary/aromatic N) is 5. The molecule has 0 amide bonds. The Morgan fingerprint density at radius 2 is 2.00 bits per heavy atom. The van der Waals surface area contributed by atoms with Gasteiger partial charge >= 0.3 is 0 Å². The molecule has 0 bridgehead atoms. The molecule has 7 nitrogen and oxygen atoms in total. The third kappa shape index (κ3) is 3.24. The Labute approximate surface area is 151 Å². The third-order valence-corrected chi connectivity index (χ3v) is 4.86. The van der Waals surface area contributed by atoms with Gasteiger partial charge in [-0.2, -0.15) is 0 Å². The molecule has 3 heterocycles. The SMILES string of the molecule is Cn1c(N2CCC(COc3cnccn3)CC2)nc2ccccc2c1=O. The van der Waals surface area contributed by atoms with Crippen LogP contribution in [0, 0.1) is 5.92 Å². The monoisotopic (exact) mass is 351 g/mol. The average Bonchev–Trinajstić information content (AvgIpc) is 2.70. The molecule has 0 radical (unpaired) electrons. The molecule has 1 aromatic carbocycles. The van der Waals surface area contributed by atoms with Crippen LogP contribution in [-0.2, 0) is 7.05 Å². The van der Waals surface area contributed by atoms with E-state index in [1.165, 1.54) is 0 Å². The molecule has 0 unspecified atom stereocenters. The summed E-state index contributed by atoms with van der Waals surface area (Å²) >= 11 is 0. The second-order valence-electron chi connectivity index (χ2n) is 6.58. The van der Waals surface area contributed by atoms with E-state index < -0.39 is 0 Å². The van der Waals surface area contributed by atoms with Gasteiger partial charge in [0.05, 0.1) is 23.7 Å². The second kappa shape index (κ2) is 7.11. The van der Waals surface area contributed by atoms with Crippen molar-refractivity contribution in [3.63, 3.8) is 0 Å². The fourth-order valence-electron chi connectivity index (χ4n) is 3.35. The highest BCUT2D eigenvalue weighted by atomic mass is 16.5. The van der Waals surface area contributed by atoms with Crippen LogP contribution in [0.25, 0.3) is 10.9 Å². The average molecular weight is 351 g/mol. The van der Waals surface area contributed by atoms with Gasteiger partial charge in [0.25, 0.3) is 5.56 Å². The molecule has 1 aliphatic rings. The van der Waals surface area contributed by atoms with Crippen LogP contribution in [0.15, 0.2) is 47.7 Å². The van der Waals surface area contributed by atoms with Crippen molar-refractivity contribution in [3.8, 4) is 5.88 Å². The fourth-order valence-corrected chi connectivity index (χ4v) is 3.35. The lowest BCUT2D eigenvalue weighted by Crippen LogP contribution is -2.39. The highest BCUT2D eigenvalue weighted by Crippen LogP contribution is 2.23. The molecule has 134 valence electrons. The Balaban J connectivity index is 1.44. The van der Waals surface area contributed by atoms with E-state index in [0.29, 0.717) is 23.8 Å². The first-order chi connectivity index (χ1) is 12.7. The van der Waals surface area contributed by atoms with E-state index in [0.717, 1.165) is 37.4 Å². The van der Waals surface area contributed by atoms with Crippen LogP contribution in [0.4, 0.5) is 5.95 Å². The molecule has 7 heteroatoms. The van der Waals surface area contributed by atoms with Gasteiger partial charge in [0.1, 0.15) is 0 Å². The number of hydrogen-bond acceptors (Lipinski definition) is 6. The van der Waals surface area contributed by atoms with Crippen molar-refractivity contribution in [2.75, 3.05) is 24.6 Å². The minimum absolute atomic E-state index is 0.00120. The molecule has 0 atom stereocenters. The summed E-state index contributed by atoms with van der Waals surface area (Å²) in [4.78, 5) is 27.6. The number of para-hydroxylation sites is 1. The van der Waals surface area contributed by atoms with Crippen molar-refractivity contribution in [1.82, 2.24) is 19.5 Å². The zero-order valence-corrected chi connectivity index (χ0v) is 14.7. The first kappa shape index (κ1) is 16.5. The van der Waals surface area contributed by atoms with Crippen molar-refractivity contribution in [3.05, 3.63) is 53.2 Å². The first-order valence-electron chi connectivity index (χ1n) is 8.82. The second-order valence-corrected chi connectivity index (χ2v) is 6.58. The third-order valence-electron chi connectivity index (χ3n) is 4.86. The minimum Gasteiger partial charge on any atom is -0.476 e. The van der Waals surface area contributed by atoms with Gasteiger partial charge in [-0.3, -0.25) is 14.3 Å². The van der Waals surface area contributed by atoms with Gasteiger partial charge in [-0.05, 0) is 30.9 Å². The maximum atomic E-state index is 12.6. The van der Waals surface area contributed by atoms with E-state index in [1.807, 2.05) is 24.3 Å². The number of hydrogen-bond donors (Lipinski definition) is 0. The molecule has 1 fully saturated rings. The molecule has 0 N–H and O–H groups in total. The largest absolute Gasteiger partial charge is 0.476 e. The number of fused-ring (bicyclic) bond motifs is 1. The van der Waals surface area contributed by atoms with Crippen LogP contribution in [0.2, 0.25) is 0 Å². The van der Waals surface area contributed by atoms with Crippen LogP contribution in [0.5, 0.6) is 5.88 Å². The zero-order valence-electron chi connectivity index (χ0n) is 14.7. The Morgan fingerprint density at radius 1 is 1.19 bits per heavy atom. The molecular formula is C19H21N5O2. The molecule has 0 saturated carbocycles. The van der Waals surface area contributed by atoms with Crippen molar-refractivity contribution >= 4 is 16.9 Å². The first-order valence-corrected chi connectivity index (χ1v) is 8.82. The van der Waals surface area contributed by atoms with Gasteiger partial charge in [0.15, 0.2) is 0 Å². The minimum atomic E-state index is -0.00120. The van der Waals surface area contributed by atoms with E-state index in [4.69, 9.17) is 9.72 Å². The molecule has 26 heavy (non-hydrogen) atoms. The summed E-state index contributed by atoms with van der Waals surface area (Å²) in [5.74, 6) is 1.77. The predicted octanol–water partition coefficient (Wildman–Crippen LogP) is 2.02. The summed E-state index contributed by atoms with van der Waals surface area (Å²) in [6.07, 6.45) is 6.87. The maximum Gasteiger partial charge on any atom is 0.262 e. The predicted molar refractivity (Wildman–Crippen MR) is 99.4 cm³/mol. The summed E-state index contributed by atoms with van der Waals surface area (Å²) in [5, 5.41) is 0.658. The zero-order chi connectivity index (χ0) is 17.9. The number of piperidine rings is 1. The summed E-state index contributed by atoms with van der Waals surface area (Å²) < 4.78 is 7.38. The molecule has 2 aromatic heterocycles. The van der Waals surface area contributed by atoms with E-state index in [2.05, 4.69) is 14.9 Å². The molecule has 1 saturated heterocycles. The molecule has 3 aromatic rings. The van der Waals surface area contributed by atoms with Crippen molar-refractivity contribution < 1.29 is 4.74 Å². The number of rotatable bonds is 4. The van der Waals surface area contributed by atoms with Crippen LogP contribution >= 0.6 is 0 Å². The summed E-state index contributed by atoms with van der Waals surface area (Å²) in [6, 6.07) is 7.49.